The third kappa shape index (κ3) is 3.47. The second-order valence-corrected chi connectivity index (χ2v) is 7.24. The largest absolute Gasteiger partial charge is 0.481 e. The average Bonchev–Trinajstić information content (AvgIpc) is 3.13. The van der Waals surface area contributed by atoms with Crippen LogP contribution in [-0.2, 0) is 10.0 Å². The van der Waals surface area contributed by atoms with Gasteiger partial charge < -0.3 is 9.47 Å². The summed E-state index contributed by atoms with van der Waals surface area (Å²) in [7, 11) is -1.65. The van der Waals surface area contributed by atoms with Gasteiger partial charge in [0, 0.05) is 0 Å². The Morgan fingerprint density at radius 1 is 1.23 bits per heavy atom. The minimum Gasteiger partial charge on any atom is -0.481 e. The Hall–Kier alpha value is -2.71. The quantitative estimate of drug-likeness (QED) is 0.610. The Morgan fingerprint density at radius 2 is 1.88 bits per heavy atom. The number of methoxy groups -OCH3 is 2. The molecule has 0 bridgehead atoms. The van der Waals surface area contributed by atoms with Crippen molar-refractivity contribution >= 4 is 49.9 Å². The lowest BCUT2D eigenvalue weighted by atomic mass is 10.6. The molecule has 2 amide bonds. The highest BCUT2D eigenvalue weighted by molar-refractivity contribution is 7.90. The van der Waals surface area contributed by atoms with Crippen LogP contribution in [0.5, 0.6) is 11.8 Å². The molecule has 0 aromatic carbocycles. The summed E-state index contributed by atoms with van der Waals surface area (Å²) in [6.07, 6.45) is 0. The second-order valence-electron chi connectivity index (χ2n) is 4.48. The van der Waals surface area contributed by atoms with Crippen molar-refractivity contribution in [1.29, 1.82) is 0 Å². The Kier molecular flexibility index (Phi) is 4.80. The third-order valence-electron chi connectivity index (χ3n) is 2.87. The highest BCUT2D eigenvalue weighted by Crippen LogP contribution is 2.24. The smallest absolute Gasteiger partial charge is 0.335 e. The molecule has 3 aromatic heterocycles. The number of sulfonamides is 1. The summed E-state index contributed by atoms with van der Waals surface area (Å²) in [6.45, 7) is 0. The highest BCUT2D eigenvalue weighted by atomic mass is 35.5. The molecule has 3 rings (SSSR count). The van der Waals surface area contributed by atoms with Gasteiger partial charge in [0.1, 0.15) is 5.51 Å². The molecule has 0 spiro atoms. The first-order valence-corrected chi connectivity index (χ1v) is 9.36. The predicted molar refractivity (Wildman–Crippen MR) is 90.4 cm³/mol. The molecule has 12 nitrogen and oxygen atoms in total. The Morgan fingerprint density at radius 3 is 2.50 bits per heavy atom. The molecule has 2 N–H and O–H groups in total. The summed E-state index contributed by atoms with van der Waals surface area (Å²) in [5.41, 5.74) is 1.38. The minimum atomic E-state index is -4.36. The van der Waals surface area contributed by atoms with Crippen molar-refractivity contribution in [3.63, 3.8) is 0 Å². The maximum absolute atomic E-state index is 12.4. The molecule has 26 heavy (non-hydrogen) atoms. The fourth-order valence-corrected chi connectivity index (χ4v) is 4.05. The number of aromatic nitrogens is 5. The van der Waals surface area contributed by atoms with Crippen LogP contribution >= 0.6 is 22.9 Å². The number of fused-ring (bicyclic) bond motifs is 1. The van der Waals surface area contributed by atoms with Crippen LogP contribution in [0.4, 0.5) is 10.7 Å². The minimum absolute atomic E-state index is 0.109. The number of halogens is 1. The number of nitrogens with zero attached hydrogens (tertiary/aromatic N) is 5. The topological polar surface area (TPSA) is 150 Å². The monoisotopic (exact) mass is 419 g/mol. The number of carbonyl (C=O) groups excluding carboxylic acids is 1. The van der Waals surface area contributed by atoms with Crippen molar-refractivity contribution in [1.82, 2.24) is 29.3 Å². The van der Waals surface area contributed by atoms with E-state index in [1.54, 1.807) is 4.72 Å². The van der Waals surface area contributed by atoms with Gasteiger partial charge in [-0.25, -0.2) is 14.5 Å². The molecular weight excluding hydrogens is 410 g/mol. The zero-order valence-corrected chi connectivity index (χ0v) is 15.5. The van der Waals surface area contributed by atoms with Gasteiger partial charge in [-0.2, -0.15) is 28.0 Å². The average molecular weight is 420 g/mol. The fourth-order valence-electron chi connectivity index (χ4n) is 1.84. The van der Waals surface area contributed by atoms with E-state index in [2.05, 4.69) is 25.4 Å². The summed E-state index contributed by atoms with van der Waals surface area (Å²) in [6, 6.07) is 0.256. The number of anilines is 1. The molecule has 0 unspecified atom stereocenters. The van der Waals surface area contributed by atoms with Gasteiger partial charge in [0.25, 0.3) is 10.0 Å². The summed E-state index contributed by atoms with van der Waals surface area (Å²) < 4.78 is 37.5. The number of imidazole rings is 1. The molecule has 0 atom stereocenters. The van der Waals surface area contributed by atoms with Gasteiger partial charge >= 0.3 is 6.03 Å². The summed E-state index contributed by atoms with van der Waals surface area (Å²) in [4.78, 5) is 23.9. The zero-order valence-electron chi connectivity index (χ0n) is 13.1. The van der Waals surface area contributed by atoms with Crippen LogP contribution in [0.25, 0.3) is 4.96 Å². The van der Waals surface area contributed by atoms with Gasteiger partial charge in [0.15, 0.2) is 5.15 Å². The van der Waals surface area contributed by atoms with E-state index in [1.165, 1.54) is 25.8 Å². The number of urea groups is 1. The predicted octanol–water partition coefficient (Wildman–Crippen LogP) is 0.762. The number of carbonyl (C=O) groups is 1. The lowest BCUT2D eigenvalue weighted by molar-refractivity contribution is 0.256. The Labute approximate surface area is 155 Å². The van der Waals surface area contributed by atoms with E-state index in [4.69, 9.17) is 21.1 Å². The maximum Gasteiger partial charge on any atom is 0.335 e. The van der Waals surface area contributed by atoms with Crippen molar-refractivity contribution in [3.05, 3.63) is 16.7 Å². The molecule has 0 aliphatic heterocycles. The lowest BCUT2D eigenvalue weighted by Crippen LogP contribution is -2.35. The van der Waals surface area contributed by atoms with Crippen LogP contribution in [-0.4, -0.2) is 53.2 Å². The third-order valence-corrected chi connectivity index (χ3v) is 5.25. The molecule has 0 radical (unpaired) electrons. The maximum atomic E-state index is 12.4. The van der Waals surface area contributed by atoms with E-state index in [0.29, 0.717) is 0 Å². The van der Waals surface area contributed by atoms with Crippen LogP contribution < -0.4 is 19.5 Å². The van der Waals surface area contributed by atoms with Crippen LogP contribution in [0.3, 0.4) is 0 Å². The first kappa shape index (κ1) is 18.1. The molecule has 0 fully saturated rings. The van der Waals surface area contributed by atoms with E-state index in [1.807, 2.05) is 0 Å². The van der Waals surface area contributed by atoms with E-state index in [0.717, 1.165) is 15.9 Å². The Balaban J connectivity index is 1.83. The van der Waals surface area contributed by atoms with Crippen LogP contribution in [0, 0.1) is 0 Å². The van der Waals surface area contributed by atoms with Gasteiger partial charge in [0.2, 0.25) is 27.7 Å². The molecule has 0 aliphatic carbocycles. The normalized spacial score (nSPS) is 11.3. The van der Waals surface area contributed by atoms with Gasteiger partial charge in [-0.15, -0.1) is 0 Å². The number of hydrogen-bond donors (Lipinski definition) is 2. The van der Waals surface area contributed by atoms with Crippen LogP contribution in [0.1, 0.15) is 0 Å². The zero-order chi connectivity index (χ0) is 18.9. The standard InChI is InChI=1S/C11H10ClN7O5S2/c1-23-5-3-6(24-2)15-9(14-5)17-10(20)18-26(21,22)8-7(12)16-11-19(8)13-4-25-11/h3-4H,1-2H3,(H2,14,15,17,18,20). The Bertz CT molecular complexity index is 1060. The number of rotatable bonds is 5. The van der Waals surface area contributed by atoms with E-state index >= 15 is 0 Å². The van der Waals surface area contributed by atoms with Crippen molar-refractivity contribution < 1.29 is 22.7 Å². The van der Waals surface area contributed by atoms with E-state index in [9.17, 15) is 13.2 Å². The van der Waals surface area contributed by atoms with Crippen molar-refractivity contribution in [2.24, 2.45) is 0 Å². The van der Waals surface area contributed by atoms with Gasteiger partial charge in [-0.1, -0.05) is 22.9 Å². The lowest BCUT2D eigenvalue weighted by Gasteiger charge is -2.09. The second kappa shape index (κ2) is 6.89. The SMILES string of the molecule is COc1cc(OC)nc(NC(=O)NS(=O)(=O)c2c(Cl)nc3scnn23)n1. The molecule has 0 aliphatic rings. The number of amides is 2. The molecule has 0 saturated heterocycles. The van der Waals surface area contributed by atoms with E-state index < -0.39 is 21.1 Å². The van der Waals surface area contributed by atoms with Crippen LogP contribution in [0.2, 0.25) is 5.15 Å². The molecule has 3 heterocycles. The molecular formula is C11H10ClN7O5S2. The molecule has 138 valence electrons. The summed E-state index contributed by atoms with van der Waals surface area (Å²) >= 11 is 6.93. The highest BCUT2D eigenvalue weighted by Gasteiger charge is 2.28. The summed E-state index contributed by atoms with van der Waals surface area (Å²) in [5, 5.41) is 5.21. The van der Waals surface area contributed by atoms with Gasteiger partial charge in [-0.05, 0) is 0 Å². The number of hydrogen-bond acceptors (Lipinski definition) is 10. The molecule has 15 heteroatoms. The van der Waals surface area contributed by atoms with Crippen LogP contribution in [0.15, 0.2) is 16.6 Å². The van der Waals surface area contributed by atoms with E-state index in [-0.39, 0.29) is 27.8 Å². The first-order chi connectivity index (χ1) is 12.3. The van der Waals surface area contributed by atoms with Gasteiger partial charge in [-0.3, -0.25) is 5.32 Å². The molecule has 3 aromatic rings. The van der Waals surface area contributed by atoms with Crippen molar-refractivity contribution in [3.8, 4) is 11.8 Å². The first-order valence-electron chi connectivity index (χ1n) is 6.62. The van der Waals surface area contributed by atoms with Gasteiger partial charge in [0.05, 0.1) is 20.3 Å². The number of nitrogens with one attached hydrogen (secondary N) is 2. The summed E-state index contributed by atoms with van der Waals surface area (Å²) in [5.74, 6) is -0.0110. The van der Waals surface area contributed by atoms with Crippen molar-refractivity contribution in [2.45, 2.75) is 5.03 Å². The molecule has 0 saturated carbocycles. The fraction of sp³-hybridized carbons (Fsp3) is 0.182. The van der Waals surface area contributed by atoms with Crippen molar-refractivity contribution in [2.75, 3.05) is 19.5 Å². The number of ether oxygens (including phenoxy) is 2.